The van der Waals surface area contributed by atoms with Gasteiger partial charge in [-0.3, -0.25) is 0 Å². The van der Waals surface area contributed by atoms with Crippen LogP contribution in [-0.2, 0) is 13.9 Å². The van der Waals surface area contributed by atoms with Gasteiger partial charge in [-0.2, -0.15) is 0 Å². The van der Waals surface area contributed by atoms with E-state index in [1.54, 1.807) is 0 Å². The van der Waals surface area contributed by atoms with Crippen molar-refractivity contribution in [1.82, 2.24) is 0 Å². The lowest BCUT2D eigenvalue weighted by molar-refractivity contribution is -0.318. The molecule has 30 heavy (non-hydrogen) atoms. The molecule has 0 saturated carbocycles. The van der Waals surface area contributed by atoms with E-state index in [0.29, 0.717) is 13.2 Å². The quantitative estimate of drug-likeness (QED) is 0.719. The minimum atomic E-state index is -2.02. The first-order chi connectivity index (χ1) is 14.1. The highest BCUT2D eigenvalue weighted by atomic mass is 28.3. The predicted molar refractivity (Wildman–Crippen MR) is 124 cm³/mol. The number of aliphatic hydroxyl groups excluding tert-OH is 1. The van der Waals surface area contributed by atoms with Crippen molar-refractivity contribution in [2.45, 2.75) is 59.5 Å². The van der Waals surface area contributed by atoms with Crippen molar-refractivity contribution in [3.8, 4) is 0 Å². The Bertz CT molecular complexity index is 749. The molecule has 0 aromatic heterocycles. The van der Waals surface area contributed by atoms with Crippen LogP contribution in [0.1, 0.15) is 41.5 Å². The zero-order valence-corrected chi connectivity index (χ0v) is 20.2. The molecule has 1 saturated heterocycles. The molecule has 0 bridgehead atoms. The van der Waals surface area contributed by atoms with Gasteiger partial charge in [-0.25, -0.2) is 0 Å². The van der Waals surface area contributed by atoms with Gasteiger partial charge in [0.2, 0.25) is 9.04 Å². The summed E-state index contributed by atoms with van der Waals surface area (Å²) in [6.45, 7) is 13.0. The maximum absolute atomic E-state index is 11.0. The molecule has 0 amide bonds. The SMILES string of the molecule is CC(O)C1(C(O[SiH](c2ccccc2)c2ccccc2)C(C)(C)C)COC(C)(C)OC1. The lowest BCUT2D eigenvalue weighted by Crippen LogP contribution is -2.64. The van der Waals surface area contributed by atoms with E-state index in [4.69, 9.17) is 13.9 Å². The number of ether oxygens (including phenoxy) is 2. The third-order valence-corrected chi connectivity index (χ3v) is 8.52. The molecule has 0 aliphatic carbocycles. The highest BCUT2D eigenvalue weighted by molar-refractivity contribution is 6.80. The van der Waals surface area contributed by atoms with Crippen molar-refractivity contribution < 1.29 is 19.0 Å². The summed E-state index contributed by atoms with van der Waals surface area (Å²) in [5, 5.41) is 13.4. The van der Waals surface area contributed by atoms with Gasteiger partial charge in [0, 0.05) is 0 Å². The fourth-order valence-electron chi connectivity index (χ4n) is 4.25. The first kappa shape index (κ1) is 23.2. The largest absolute Gasteiger partial charge is 0.407 e. The first-order valence-electron chi connectivity index (χ1n) is 10.8. The van der Waals surface area contributed by atoms with E-state index in [0.717, 1.165) is 0 Å². The van der Waals surface area contributed by atoms with Crippen molar-refractivity contribution in [1.29, 1.82) is 0 Å². The average Bonchev–Trinajstić information content (AvgIpc) is 2.70. The van der Waals surface area contributed by atoms with Gasteiger partial charge in [0.25, 0.3) is 0 Å². The molecule has 2 aromatic carbocycles. The van der Waals surface area contributed by atoms with E-state index in [9.17, 15) is 5.11 Å². The van der Waals surface area contributed by atoms with Gasteiger partial charge in [-0.1, -0.05) is 81.4 Å². The first-order valence-corrected chi connectivity index (χ1v) is 12.4. The molecule has 1 aliphatic rings. The van der Waals surface area contributed by atoms with E-state index < -0.39 is 26.3 Å². The van der Waals surface area contributed by atoms with Crippen LogP contribution >= 0.6 is 0 Å². The molecule has 4 nitrogen and oxygen atoms in total. The van der Waals surface area contributed by atoms with Gasteiger partial charge in [0.15, 0.2) is 5.79 Å². The number of rotatable bonds is 6. The van der Waals surface area contributed by atoms with Crippen molar-refractivity contribution in [2.75, 3.05) is 13.2 Å². The van der Waals surface area contributed by atoms with Crippen molar-refractivity contribution in [2.24, 2.45) is 10.8 Å². The third kappa shape index (κ3) is 5.03. The second kappa shape index (κ2) is 8.93. The second-order valence-electron chi connectivity index (χ2n) is 9.97. The Morgan fingerprint density at radius 3 is 1.70 bits per heavy atom. The molecule has 1 aliphatic heterocycles. The van der Waals surface area contributed by atoms with Crippen LogP contribution in [0.25, 0.3) is 0 Å². The standard InChI is InChI=1S/C25H36O4Si/c1-19(26)25(17-27-24(5,6)28-18-25)22(23(2,3)4)29-30(20-13-9-7-10-14-20)21-15-11-8-12-16-21/h7-16,19,22,26,30H,17-18H2,1-6H3. The molecule has 3 rings (SSSR count). The summed E-state index contributed by atoms with van der Waals surface area (Å²) in [4.78, 5) is 0. The molecular formula is C25H36O4Si. The minimum absolute atomic E-state index is 0.222. The van der Waals surface area contributed by atoms with Crippen LogP contribution in [0, 0.1) is 10.8 Å². The Morgan fingerprint density at radius 2 is 1.33 bits per heavy atom. The Morgan fingerprint density at radius 1 is 0.900 bits per heavy atom. The fourth-order valence-corrected chi connectivity index (χ4v) is 7.05. The maximum Gasteiger partial charge on any atom is 0.240 e. The average molecular weight is 429 g/mol. The van der Waals surface area contributed by atoms with Gasteiger partial charge >= 0.3 is 0 Å². The highest BCUT2D eigenvalue weighted by Gasteiger charge is 2.54. The van der Waals surface area contributed by atoms with Crippen LogP contribution < -0.4 is 10.4 Å². The van der Waals surface area contributed by atoms with E-state index >= 15 is 0 Å². The second-order valence-corrected chi connectivity index (χ2v) is 12.3. The summed E-state index contributed by atoms with van der Waals surface area (Å²) in [6, 6.07) is 20.9. The molecule has 1 N–H and O–H groups in total. The Balaban J connectivity index is 2.04. The molecule has 2 atom stereocenters. The molecule has 2 aromatic rings. The summed E-state index contributed by atoms with van der Waals surface area (Å²) < 4.78 is 19.2. The Labute approximate surface area is 182 Å². The maximum atomic E-state index is 11.0. The summed E-state index contributed by atoms with van der Waals surface area (Å²) in [5.74, 6) is -0.656. The summed E-state index contributed by atoms with van der Waals surface area (Å²) in [6.07, 6.45) is -0.891. The zero-order chi connectivity index (χ0) is 22.0. The number of aliphatic hydroxyl groups is 1. The number of hydrogen-bond acceptors (Lipinski definition) is 4. The zero-order valence-electron chi connectivity index (χ0n) is 19.1. The van der Waals surface area contributed by atoms with Crippen LogP contribution in [-0.4, -0.2) is 45.4 Å². The van der Waals surface area contributed by atoms with Crippen LogP contribution in [0.4, 0.5) is 0 Å². The van der Waals surface area contributed by atoms with Gasteiger partial charge in [-0.05, 0) is 36.6 Å². The molecule has 0 spiro atoms. The molecule has 1 heterocycles. The Hall–Kier alpha value is -1.50. The van der Waals surface area contributed by atoms with Gasteiger partial charge in [-0.15, -0.1) is 0 Å². The summed E-state index contributed by atoms with van der Waals surface area (Å²) in [5.41, 5.74) is -0.872. The molecule has 1 fully saturated rings. The molecule has 164 valence electrons. The lowest BCUT2D eigenvalue weighted by atomic mass is 9.68. The van der Waals surface area contributed by atoms with Crippen LogP contribution in [0.2, 0.25) is 0 Å². The van der Waals surface area contributed by atoms with E-state index in [1.165, 1.54) is 10.4 Å². The van der Waals surface area contributed by atoms with E-state index in [2.05, 4.69) is 69.3 Å². The minimum Gasteiger partial charge on any atom is -0.407 e. The normalized spacial score (nSPS) is 20.7. The van der Waals surface area contributed by atoms with Crippen LogP contribution in [0.5, 0.6) is 0 Å². The van der Waals surface area contributed by atoms with Crippen molar-refractivity contribution >= 4 is 19.4 Å². The fraction of sp³-hybridized carbons (Fsp3) is 0.520. The van der Waals surface area contributed by atoms with Crippen LogP contribution in [0.15, 0.2) is 60.7 Å². The van der Waals surface area contributed by atoms with Crippen LogP contribution in [0.3, 0.4) is 0 Å². The van der Waals surface area contributed by atoms with Gasteiger partial charge < -0.3 is 19.0 Å². The summed E-state index contributed by atoms with van der Waals surface area (Å²) in [7, 11) is -2.02. The smallest absolute Gasteiger partial charge is 0.240 e. The monoisotopic (exact) mass is 428 g/mol. The molecular weight excluding hydrogens is 392 g/mol. The highest BCUT2D eigenvalue weighted by Crippen LogP contribution is 2.44. The number of benzene rings is 2. The lowest BCUT2D eigenvalue weighted by Gasteiger charge is -2.53. The topological polar surface area (TPSA) is 47.9 Å². The molecule has 2 unspecified atom stereocenters. The third-order valence-electron chi connectivity index (χ3n) is 5.99. The number of hydrogen-bond donors (Lipinski definition) is 1. The predicted octanol–water partition coefficient (Wildman–Crippen LogP) is 3.11. The van der Waals surface area contributed by atoms with E-state index in [-0.39, 0.29) is 11.5 Å². The Kier molecular flexibility index (Phi) is 6.90. The van der Waals surface area contributed by atoms with Crippen molar-refractivity contribution in [3.05, 3.63) is 60.7 Å². The molecule has 0 radical (unpaired) electrons. The van der Waals surface area contributed by atoms with E-state index in [1.807, 2.05) is 32.9 Å². The van der Waals surface area contributed by atoms with Crippen molar-refractivity contribution in [3.63, 3.8) is 0 Å². The summed E-state index contributed by atoms with van der Waals surface area (Å²) >= 11 is 0. The van der Waals surface area contributed by atoms with Gasteiger partial charge in [0.1, 0.15) is 0 Å². The van der Waals surface area contributed by atoms with Gasteiger partial charge in [0.05, 0.1) is 30.8 Å². The molecule has 5 heteroatoms.